The predicted molar refractivity (Wildman–Crippen MR) is 66.0 cm³/mol. The van der Waals surface area contributed by atoms with E-state index in [4.69, 9.17) is 0 Å². The zero-order valence-electron chi connectivity index (χ0n) is 10.0. The number of aromatic nitrogens is 4. The summed E-state index contributed by atoms with van der Waals surface area (Å²) in [4.78, 5) is 8.04. The molecule has 0 saturated heterocycles. The SMILES string of the molecule is CCNCCCc1cnn(-c2ccncn2)c1. The number of aryl methyl sites for hydroxylation is 1. The average Bonchev–Trinajstić information content (AvgIpc) is 2.85. The van der Waals surface area contributed by atoms with Crippen molar-refractivity contribution in [2.24, 2.45) is 0 Å². The van der Waals surface area contributed by atoms with Crippen molar-refractivity contribution in [3.63, 3.8) is 0 Å². The molecule has 0 aliphatic heterocycles. The molecule has 0 amide bonds. The van der Waals surface area contributed by atoms with Crippen molar-refractivity contribution in [2.75, 3.05) is 13.1 Å². The highest BCUT2D eigenvalue weighted by Gasteiger charge is 2.01. The summed E-state index contributed by atoms with van der Waals surface area (Å²) in [7, 11) is 0. The van der Waals surface area contributed by atoms with Gasteiger partial charge in [0.2, 0.25) is 0 Å². The van der Waals surface area contributed by atoms with Crippen LogP contribution >= 0.6 is 0 Å². The van der Waals surface area contributed by atoms with Crippen molar-refractivity contribution in [1.82, 2.24) is 25.1 Å². The van der Waals surface area contributed by atoms with E-state index in [1.54, 1.807) is 10.9 Å². The van der Waals surface area contributed by atoms with Gasteiger partial charge in [-0.25, -0.2) is 14.6 Å². The average molecular weight is 231 g/mol. The summed E-state index contributed by atoms with van der Waals surface area (Å²) in [5.74, 6) is 0.804. The van der Waals surface area contributed by atoms with Gasteiger partial charge in [-0.05, 0) is 31.5 Å². The molecule has 0 saturated carbocycles. The Labute approximate surface area is 101 Å². The van der Waals surface area contributed by atoms with Gasteiger partial charge in [0.1, 0.15) is 6.33 Å². The minimum Gasteiger partial charge on any atom is -0.317 e. The van der Waals surface area contributed by atoms with Crippen LogP contribution in [0.15, 0.2) is 31.0 Å². The van der Waals surface area contributed by atoms with E-state index in [1.165, 1.54) is 11.9 Å². The van der Waals surface area contributed by atoms with Gasteiger partial charge in [-0.3, -0.25) is 0 Å². The predicted octanol–water partition coefficient (Wildman–Crippen LogP) is 1.20. The maximum Gasteiger partial charge on any atom is 0.156 e. The molecule has 0 fully saturated rings. The van der Waals surface area contributed by atoms with Gasteiger partial charge in [-0.15, -0.1) is 0 Å². The summed E-state index contributed by atoms with van der Waals surface area (Å²) in [6.45, 7) is 4.20. The van der Waals surface area contributed by atoms with E-state index < -0.39 is 0 Å². The van der Waals surface area contributed by atoms with E-state index in [2.05, 4.69) is 27.3 Å². The number of nitrogens with one attached hydrogen (secondary N) is 1. The lowest BCUT2D eigenvalue weighted by Gasteiger charge is -1.99. The van der Waals surface area contributed by atoms with Crippen molar-refractivity contribution in [3.8, 4) is 5.82 Å². The largest absolute Gasteiger partial charge is 0.317 e. The molecule has 1 N–H and O–H groups in total. The summed E-state index contributed by atoms with van der Waals surface area (Å²) >= 11 is 0. The minimum atomic E-state index is 0.804. The van der Waals surface area contributed by atoms with Gasteiger partial charge in [0.25, 0.3) is 0 Å². The summed E-state index contributed by atoms with van der Waals surface area (Å²) < 4.78 is 1.78. The fourth-order valence-electron chi connectivity index (χ4n) is 1.63. The van der Waals surface area contributed by atoms with Gasteiger partial charge in [-0.1, -0.05) is 6.92 Å². The number of hydrogen-bond acceptors (Lipinski definition) is 4. The highest BCUT2D eigenvalue weighted by atomic mass is 15.3. The van der Waals surface area contributed by atoms with Crippen LogP contribution in [-0.2, 0) is 6.42 Å². The maximum atomic E-state index is 4.29. The smallest absolute Gasteiger partial charge is 0.156 e. The van der Waals surface area contributed by atoms with Crippen molar-refractivity contribution in [3.05, 3.63) is 36.5 Å². The third kappa shape index (κ3) is 3.35. The van der Waals surface area contributed by atoms with Gasteiger partial charge < -0.3 is 5.32 Å². The molecule has 5 nitrogen and oxygen atoms in total. The Bertz CT molecular complexity index is 437. The molecular formula is C12H17N5. The topological polar surface area (TPSA) is 55.6 Å². The second-order valence-corrected chi connectivity index (χ2v) is 3.82. The lowest BCUT2D eigenvalue weighted by Crippen LogP contribution is -2.14. The zero-order valence-corrected chi connectivity index (χ0v) is 10.0. The third-order valence-corrected chi connectivity index (χ3v) is 2.51. The van der Waals surface area contributed by atoms with Crippen LogP contribution in [0.2, 0.25) is 0 Å². The second-order valence-electron chi connectivity index (χ2n) is 3.82. The van der Waals surface area contributed by atoms with Crippen molar-refractivity contribution in [1.29, 1.82) is 0 Å². The molecule has 0 spiro atoms. The number of hydrogen-bond donors (Lipinski definition) is 1. The molecule has 2 rings (SSSR count). The van der Waals surface area contributed by atoms with Crippen LogP contribution in [0.3, 0.4) is 0 Å². The zero-order chi connectivity index (χ0) is 11.9. The van der Waals surface area contributed by atoms with Crippen LogP contribution in [0, 0.1) is 0 Å². The molecule has 0 aliphatic rings. The van der Waals surface area contributed by atoms with Gasteiger partial charge in [0.05, 0.1) is 6.20 Å². The highest BCUT2D eigenvalue weighted by molar-refractivity contribution is 5.20. The fourth-order valence-corrected chi connectivity index (χ4v) is 1.63. The van der Waals surface area contributed by atoms with Gasteiger partial charge >= 0.3 is 0 Å². The molecule has 0 bridgehead atoms. The van der Waals surface area contributed by atoms with E-state index in [-0.39, 0.29) is 0 Å². The molecule has 0 aliphatic carbocycles. The fraction of sp³-hybridized carbons (Fsp3) is 0.417. The quantitative estimate of drug-likeness (QED) is 0.759. The van der Waals surface area contributed by atoms with Crippen LogP contribution in [-0.4, -0.2) is 32.8 Å². The Morgan fingerprint density at radius 1 is 1.41 bits per heavy atom. The Hall–Kier alpha value is -1.75. The van der Waals surface area contributed by atoms with E-state index in [0.717, 1.165) is 31.7 Å². The normalized spacial score (nSPS) is 10.6. The first-order valence-electron chi connectivity index (χ1n) is 5.91. The molecule has 0 unspecified atom stereocenters. The third-order valence-electron chi connectivity index (χ3n) is 2.51. The number of nitrogens with zero attached hydrogens (tertiary/aromatic N) is 4. The first kappa shape index (κ1) is 11.7. The van der Waals surface area contributed by atoms with E-state index in [0.29, 0.717) is 0 Å². The lowest BCUT2D eigenvalue weighted by molar-refractivity contribution is 0.672. The van der Waals surface area contributed by atoms with E-state index in [1.807, 2.05) is 18.5 Å². The summed E-state index contributed by atoms with van der Waals surface area (Å²) in [5, 5.41) is 7.60. The van der Waals surface area contributed by atoms with Crippen molar-refractivity contribution in [2.45, 2.75) is 19.8 Å². The first-order valence-corrected chi connectivity index (χ1v) is 5.91. The Morgan fingerprint density at radius 2 is 2.35 bits per heavy atom. The Morgan fingerprint density at radius 3 is 3.12 bits per heavy atom. The van der Waals surface area contributed by atoms with Crippen LogP contribution in [0.1, 0.15) is 18.9 Å². The summed E-state index contributed by atoms with van der Waals surface area (Å²) in [6.07, 6.45) is 9.33. The van der Waals surface area contributed by atoms with Gasteiger partial charge in [-0.2, -0.15) is 5.10 Å². The Kier molecular flexibility index (Phi) is 4.21. The van der Waals surface area contributed by atoms with Crippen LogP contribution < -0.4 is 5.32 Å². The van der Waals surface area contributed by atoms with E-state index >= 15 is 0 Å². The monoisotopic (exact) mass is 231 g/mol. The molecule has 5 heteroatoms. The van der Waals surface area contributed by atoms with E-state index in [9.17, 15) is 0 Å². The molecule has 90 valence electrons. The van der Waals surface area contributed by atoms with Crippen LogP contribution in [0.4, 0.5) is 0 Å². The standard InChI is InChI=1S/C12H17N5/c1-2-13-6-3-4-11-8-16-17(9-11)12-5-7-14-10-15-12/h5,7-10,13H,2-4,6H2,1H3. The maximum absolute atomic E-state index is 4.29. The molecule has 0 radical (unpaired) electrons. The summed E-state index contributed by atoms with van der Waals surface area (Å²) in [5.41, 5.74) is 1.24. The highest BCUT2D eigenvalue weighted by Crippen LogP contribution is 2.05. The van der Waals surface area contributed by atoms with Crippen molar-refractivity contribution >= 4 is 0 Å². The minimum absolute atomic E-state index is 0.804. The molecular weight excluding hydrogens is 214 g/mol. The molecule has 0 atom stereocenters. The molecule has 0 aromatic carbocycles. The van der Waals surface area contributed by atoms with Crippen LogP contribution in [0.25, 0.3) is 5.82 Å². The first-order chi connectivity index (χ1) is 8.40. The second kappa shape index (κ2) is 6.10. The molecule has 2 aromatic heterocycles. The van der Waals surface area contributed by atoms with Gasteiger partial charge in [0.15, 0.2) is 5.82 Å². The van der Waals surface area contributed by atoms with Gasteiger partial charge in [0, 0.05) is 18.5 Å². The lowest BCUT2D eigenvalue weighted by atomic mass is 10.2. The number of rotatable bonds is 6. The molecule has 2 aromatic rings. The van der Waals surface area contributed by atoms with Crippen molar-refractivity contribution < 1.29 is 0 Å². The van der Waals surface area contributed by atoms with Crippen LogP contribution in [0.5, 0.6) is 0 Å². The summed E-state index contributed by atoms with van der Waals surface area (Å²) in [6, 6.07) is 1.84. The molecule has 2 heterocycles. The molecule has 17 heavy (non-hydrogen) atoms. The Balaban J connectivity index is 1.92.